The monoisotopic (exact) mass is 488 g/mol. The summed E-state index contributed by atoms with van der Waals surface area (Å²) in [7, 11) is -10.7. The molecule has 2 fully saturated rings. The van der Waals surface area contributed by atoms with Crippen molar-refractivity contribution in [1.82, 2.24) is 0 Å². The molecule has 2 saturated carbocycles. The first-order valence-corrected chi connectivity index (χ1v) is 11.3. The normalized spacial score (nSPS) is 26.2. The minimum Gasteiger partial charge on any atom is 3.00 e. The Morgan fingerprint density at radius 3 is 1.45 bits per heavy atom. The van der Waals surface area contributed by atoms with Crippen molar-refractivity contribution in [2.75, 3.05) is 0 Å². The Hall–Kier alpha value is 0.516. The van der Waals surface area contributed by atoms with Gasteiger partial charge in [0.1, 0.15) is 0 Å². The van der Waals surface area contributed by atoms with E-state index in [0.717, 1.165) is 5.92 Å². The zero-order valence-electron chi connectivity index (χ0n) is 18.1. The molecule has 2 rings (SSSR count). The van der Waals surface area contributed by atoms with E-state index in [1.165, 1.54) is 48.9 Å². The molecule has 0 aromatic carbocycles. The van der Waals surface area contributed by atoms with Gasteiger partial charge in [-0.15, -0.1) is 0 Å². The fraction of sp³-hybridized carbons (Fsp3) is 0.524. The predicted molar refractivity (Wildman–Crippen MR) is 107 cm³/mol. The Morgan fingerprint density at radius 1 is 0.793 bits per heavy atom. The summed E-state index contributed by atoms with van der Waals surface area (Å²) in [5, 5.41) is 0. The number of hydrogen-bond donors (Lipinski definition) is 0. The molecule has 10 radical (unpaired) electrons. The minimum atomic E-state index is -10.7. The van der Waals surface area contributed by atoms with Gasteiger partial charge in [-0.2, -0.15) is 0 Å². The van der Waals surface area contributed by atoms with Crippen LogP contribution in [0.15, 0.2) is 0 Å². The Morgan fingerprint density at radius 2 is 1.14 bits per heavy atom. The van der Waals surface area contributed by atoms with E-state index in [-0.39, 0.29) is 16.8 Å². The van der Waals surface area contributed by atoms with Crippen LogP contribution in [0.2, 0.25) is 0 Å². The summed E-state index contributed by atoms with van der Waals surface area (Å²) in [5.41, 5.74) is 0. The second-order valence-electron chi connectivity index (χ2n) is 7.33. The van der Waals surface area contributed by atoms with Crippen LogP contribution < -0.4 is 0 Å². The quantitative estimate of drug-likeness (QED) is 0.206. The minimum absolute atomic E-state index is 0. The molecule has 2 aliphatic rings. The molecule has 1 atom stereocenters. The van der Waals surface area contributed by atoms with Crippen molar-refractivity contribution < 1.29 is 42.0 Å². The summed E-state index contributed by atoms with van der Waals surface area (Å²) in [6.07, 6.45) is 12.6. The summed E-state index contributed by atoms with van der Waals surface area (Å²) in [6.45, 7) is 15.5. The molecule has 0 aromatic rings. The molecular weight excluding hydrogens is 456 g/mol. The van der Waals surface area contributed by atoms with Gasteiger partial charge in [-0.1, -0.05) is 54.9 Å². The van der Waals surface area contributed by atoms with E-state index in [9.17, 15) is 25.2 Å². The zero-order chi connectivity index (χ0) is 22.4. The Bertz CT molecular complexity index is 396. The summed E-state index contributed by atoms with van der Waals surface area (Å²) >= 11 is 0. The molecule has 0 nitrogen and oxygen atoms in total. The van der Waals surface area contributed by atoms with E-state index in [4.69, 9.17) is 0 Å². The third-order valence-electron chi connectivity index (χ3n) is 5.03. The van der Waals surface area contributed by atoms with E-state index in [1.54, 1.807) is 5.92 Å². The molecule has 29 heavy (non-hydrogen) atoms. The van der Waals surface area contributed by atoms with Crippen LogP contribution in [0.3, 0.4) is 0 Å². The zero-order valence-corrected chi connectivity index (χ0v) is 20.0. The van der Waals surface area contributed by atoms with Crippen LogP contribution in [0, 0.1) is 67.1 Å². The topological polar surface area (TPSA) is 0 Å². The van der Waals surface area contributed by atoms with Crippen LogP contribution in [-0.2, 0) is 16.8 Å². The maximum Gasteiger partial charge on any atom is 3.00 e. The molecule has 0 heterocycles. The van der Waals surface area contributed by atoms with Gasteiger partial charge in [-0.25, -0.2) is 0 Å². The Kier molecular flexibility index (Phi) is 12.5. The maximum absolute atomic E-state index is 10.7. The SMILES string of the molecule is CCC[C]1[CH][CH][CH][CH]CC1C.C[C]1[C](C)[C](C)[C](C)[C]1C.F[P-](F)(F)(F)(F)F.[Co+3]. The first kappa shape index (κ1) is 31.7. The number of rotatable bonds is 2. The van der Waals surface area contributed by atoms with Gasteiger partial charge in [0.15, 0.2) is 0 Å². The average Bonchev–Trinajstić information content (AvgIpc) is 2.70. The van der Waals surface area contributed by atoms with E-state index in [0.29, 0.717) is 0 Å². The molecule has 0 aliphatic heterocycles. The van der Waals surface area contributed by atoms with Crippen molar-refractivity contribution in [3.63, 3.8) is 0 Å². The number of hydrogen-bond acceptors (Lipinski definition) is 0. The number of halogens is 6. The van der Waals surface area contributed by atoms with E-state index in [1.807, 2.05) is 0 Å². The van der Waals surface area contributed by atoms with Crippen LogP contribution in [-0.4, -0.2) is 0 Å². The molecule has 0 aromatic heterocycles. The molecule has 8 heteroatoms. The smallest absolute Gasteiger partial charge is 3.00 e. The molecule has 0 bridgehead atoms. The molecule has 170 valence electrons. The predicted octanol–water partition coefficient (Wildman–Crippen LogP) is 9.57. The molecule has 0 N–H and O–H groups in total. The maximum atomic E-state index is 9.87. The van der Waals surface area contributed by atoms with Gasteiger partial charge >= 0.3 is 49.8 Å². The van der Waals surface area contributed by atoms with Gasteiger partial charge in [-0.3, -0.25) is 0 Å². The summed E-state index contributed by atoms with van der Waals surface area (Å²) in [6, 6.07) is 0. The van der Waals surface area contributed by atoms with Crippen molar-refractivity contribution in [1.29, 1.82) is 0 Å². The van der Waals surface area contributed by atoms with Crippen LogP contribution >= 0.6 is 7.81 Å². The summed E-state index contributed by atoms with van der Waals surface area (Å²) < 4.78 is 59.2. The molecule has 0 saturated heterocycles. The molecule has 0 amide bonds. The van der Waals surface area contributed by atoms with E-state index >= 15 is 0 Å². The van der Waals surface area contributed by atoms with Gasteiger partial charge in [-0.05, 0) is 80.0 Å². The van der Waals surface area contributed by atoms with Crippen LogP contribution in [0.25, 0.3) is 0 Å². The van der Waals surface area contributed by atoms with Crippen molar-refractivity contribution in [2.24, 2.45) is 5.92 Å². The van der Waals surface area contributed by atoms with Crippen molar-refractivity contribution in [2.45, 2.75) is 67.7 Å². The Labute approximate surface area is 184 Å². The van der Waals surface area contributed by atoms with Crippen LogP contribution in [0.5, 0.6) is 0 Å². The Balaban J connectivity index is 0. The second-order valence-corrected chi connectivity index (χ2v) is 9.25. The van der Waals surface area contributed by atoms with Gasteiger partial charge in [0.2, 0.25) is 0 Å². The van der Waals surface area contributed by atoms with Crippen LogP contribution in [0.1, 0.15) is 67.7 Å². The van der Waals surface area contributed by atoms with Gasteiger partial charge in [0.25, 0.3) is 0 Å². The second kappa shape index (κ2) is 11.4. The largest absolute Gasteiger partial charge is 3.00 e. The molecular formula is C21H32CoF6P+2. The van der Waals surface area contributed by atoms with Gasteiger partial charge < -0.3 is 0 Å². The third kappa shape index (κ3) is 15.9. The molecule has 2 aliphatic carbocycles. The van der Waals surface area contributed by atoms with E-state index in [2.05, 4.69) is 74.1 Å². The first-order chi connectivity index (χ1) is 12.3. The van der Waals surface area contributed by atoms with Gasteiger partial charge in [0, 0.05) is 0 Å². The summed E-state index contributed by atoms with van der Waals surface area (Å²) in [5.74, 6) is 9.70. The third-order valence-corrected chi connectivity index (χ3v) is 5.03. The van der Waals surface area contributed by atoms with Crippen molar-refractivity contribution in [3.05, 3.63) is 61.2 Å². The standard InChI is InChI=1S/C11H17.C10H15.Co.F6P/c1-3-7-11-9-6-4-5-8-10(11)2;1-6-7(2)9(4)10(5)8(6)3;;1-7(2,3,4,5)6/h4-6,9-10H,3,7-8H2,1-2H3;1-5H3;;/q;;+3;-1. The van der Waals surface area contributed by atoms with Gasteiger partial charge in [0.05, 0.1) is 0 Å². The fourth-order valence-electron chi connectivity index (χ4n) is 2.88. The van der Waals surface area contributed by atoms with Crippen molar-refractivity contribution in [3.8, 4) is 0 Å². The fourth-order valence-corrected chi connectivity index (χ4v) is 2.88. The summed E-state index contributed by atoms with van der Waals surface area (Å²) in [4.78, 5) is 0. The molecule has 0 spiro atoms. The van der Waals surface area contributed by atoms with E-state index < -0.39 is 7.81 Å². The molecule has 1 unspecified atom stereocenters. The van der Waals surface area contributed by atoms with Crippen molar-refractivity contribution >= 4 is 7.81 Å². The first-order valence-electron chi connectivity index (χ1n) is 9.30. The average molecular weight is 488 g/mol. The van der Waals surface area contributed by atoms with Crippen LogP contribution in [0.4, 0.5) is 25.2 Å².